The third-order valence-electron chi connectivity index (χ3n) is 4.39. The van der Waals surface area contributed by atoms with Gasteiger partial charge in [0, 0.05) is 17.3 Å². The van der Waals surface area contributed by atoms with Gasteiger partial charge in [-0.1, -0.05) is 17.7 Å². The maximum Gasteiger partial charge on any atom is 0.416 e. The number of carbonyl (C=O) groups is 1. The van der Waals surface area contributed by atoms with Crippen LogP contribution in [-0.2, 0) is 21.0 Å². The van der Waals surface area contributed by atoms with E-state index < -0.39 is 38.6 Å². The summed E-state index contributed by atoms with van der Waals surface area (Å²) in [7, 11) is -4.26. The zero-order valence-corrected chi connectivity index (χ0v) is 16.0. The van der Waals surface area contributed by atoms with E-state index in [1.807, 2.05) is 0 Å². The predicted molar refractivity (Wildman–Crippen MR) is 98.4 cm³/mol. The summed E-state index contributed by atoms with van der Waals surface area (Å²) in [5.41, 5.74) is -0.618. The number of hydrogen-bond donors (Lipinski definition) is 1. The molecule has 0 aliphatic carbocycles. The Kier molecular flexibility index (Phi) is 5.69. The molecule has 150 valence electrons. The summed E-state index contributed by atoms with van der Waals surface area (Å²) in [6.07, 6.45) is -3.96. The molecule has 1 amide bonds. The lowest BCUT2D eigenvalue weighted by molar-refractivity contribution is -0.137. The Hall–Kier alpha value is -2.10. The van der Waals surface area contributed by atoms with Gasteiger partial charge < -0.3 is 5.32 Å². The van der Waals surface area contributed by atoms with Crippen LogP contribution in [-0.4, -0.2) is 31.2 Å². The van der Waals surface area contributed by atoms with Crippen molar-refractivity contribution in [2.75, 3.05) is 11.9 Å². The highest BCUT2D eigenvalue weighted by molar-refractivity contribution is 7.89. The lowest BCUT2D eigenvalue weighted by atomic mass is 10.2. The number of sulfonamides is 1. The highest BCUT2D eigenvalue weighted by Gasteiger charge is 2.40. The molecule has 1 N–H and O–H groups in total. The smallest absolute Gasteiger partial charge is 0.325 e. The zero-order chi connectivity index (χ0) is 20.5. The van der Waals surface area contributed by atoms with Crippen LogP contribution in [0.25, 0.3) is 0 Å². The van der Waals surface area contributed by atoms with Crippen molar-refractivity contribution in [3.8, 4) is 0 Å². The second kappa shape index (κ2) is 7.73. The lowest BCUT2D eigenvalue weighted by Gasteiger charge is -2.23. The SMILES string of the molecule is O=C(Nc1ccc(Cl)cc1)C1CCCN1S(=O)(=O)c1cccc(C(F)(F)F)c1. The number of hydrogen-bond acceptors (Lipinski definition) is 3. The highest BCUT2D eigenvalue weighted by atomic mass is 35.5. The molecular formula is C18H16ClF3N2O3S. The first-order chi connectivity index (χ1) is 13.1. The van der Waals surface area contributed by atoms with Crippen molar-refractivity contribution in [1.29, 1.82) is 0 Å². The molecule has 5 nitrogen and oxygen atoms in total. The van der Waals surface area contributed by atoms with Gasteiger partial charge in [0.1, 0.15) is 6.04 Å². The van der Waals surface area contributed by atoms with Gasteiger partial charge in [0.15, 0.2) is 0 Å². The minimum Gasteiger partial charge on any atom is -0.325 e. The zero-order valence-electron chi connectivity index (χ0n) is 14.4. The summed E-state index contributed by atoms with van der Waals surface area (Å²) in [6, 6.07) is 8.80. The minimum absolute atomic E-state index is 0.0529. The highest BCUT2D eigenvalue weighted by Crippen LogP contribution is 2.33. The van der Waals surface area contributed by atoms with Crippen molar-refractivity contribution < 1.29 is 26.4 Å². The Bertz CT molecular complexity index is 978. The van der Waals surface area contributed by atoms with E-state index in [2.05, 4.69) is 5.32 Å². The first-order valence-corrected chi connectivity index (χ1v) is 10.2. The number of alkyl halides is 3. The van der Waals surface area contributed by atoms with E-state index in [0.29, 0.717) is 23.2 Å². The number of amides is 1. The Labute approximate surface area is 165 Å². The van der Waals surface area contributed by atoms with Crippen LogP contribution >= 0.6 is 11.6 Å². The molecule has 2 aromatic rings. The van der Waals surface area contributed by atoms with Crippen LogP contribution in [0.5, 0.6) is 0 Å². The minimum atomic E-state index is -4.66. The number of benzene rings is 2. The molecule has 0 aromatic heterocycles. The summed E-state index contributed by atoms with van der Waals surface area (Å²) in [5, 5.41) is 3.10. The topological polar surface area (TPSA) is 66.5 Å². The van der Waals surface area contributed by atoms with Gasteiger partial charge >= 0.3 is 6.18 Å². The van der Waals surface area contributed by atoms with Crippen molar-refractivity contribution in [2.24, 2.45) is 0 Å². The Morgan fingerprint density at radius 2 is 1.82 bits per heavy atom. The van der Waals surface area contributed by atoms with Crippen molar-refractivity contribution in [3.63, 3.8) is 0 Å². The molecule has 0 saturated carbocycles. The fourth-order valence-electron chi connectivity index (χ4n) is 3.02. The van der Waals surface area contributed by atoms with Crippen molar-refractivity contribution in [2.45, 2.75) is 30.0 Å². The maximum absolute atomic E-state index is 12.9. The average Bonchev–Trinajstić information content (AvgIpc) is 3.14. The molecule has 0 radical (unpaired) electrons. The van der Waals surface area contributed by atoms with Gasteiger partial charge in [0.2, 0.25) is 15.9 Å². The van der Waals surface area contributed by atoms with E-state index in [9.17, 15) is 26.4 Å². The summed E-state index contributed by atoms with van der Waals surface area (Å²) in [6.45, 7) is 0.0529. The van der Waals surface area contributed by atoms with Crippen LogP contribution in [0.15, 0.2) is 53.4 Å². The Morgan fingerprint density at radius 1 is 1.14 bits per heavy atom. The van der Waals surface area contributed by atoms with E-state index in [1.54, 1.807) is 24.3 Å². The van der Waals surface area contributed by atoms with Crippen LogP contribution in [0.4, 0.5) is 18.9 Å². The predicted octanol–water partition coefficient (Wildman–Crippen LogP) is 4.15. The largest absolute Gasteiger partial charge is 0.416 e. The average molecular weight is 433 g/mol. The van der Waals surface area contributed by atoms with Crippen LogP contribution in [0.2, 0.25) is 5.02 Å². The molecule has 1 fully saturated rings. The van der Waals surface area contributed by atoms with E-state index in [-0.39, 0.29) is 13.0 Å². The van der Waals surface area contributed by atoms with E-state index in [4.69, 9.17) is 11.6 Å². The maximum atomic E-state index is 12.9. The molecule has 1 unspecified atom stereocenters. The number of halogens is 4. The van der Waals surface area contributed by atoms with Crippen LogP contribution in [0.1, 0.15) is 18.4 Å². The molecule has 2 aromatic carbocycles. The second-order valence-corrected chi connectivity index (χ2v) is 8.62. The van der Waals surface area contributed by atoms with Gasteiger partial charge in [-0.25, -0.2) is 8.42 Å². The van der Waals surface area contributed by atoms with E-state index >= 15 is 0 Å². The third kappa shape index (κ3) is 4.31. The Morgan fingerprint density at radius 3 is 2.46 bits per heavy atom. The van der Waals surface area contributed by atoms with Gasteiger partial charge in [0.05, 0.1) is 10.5 Å². The van der Waals surface area contributed by atoms with Gasteiger partial charge in [-0.3, -0.25) is 4.79 Å². The van der Waals surface area contributed by atoms with Gasteiger partial charge in [0.25, 0.3) is 0 Å². The Balaban J connectivity index is 1.85. The van der Waals surface area contributed by atoms with Crippen LogP contribution < -0.4 is 5.32 Å². The van der Waals surface area contributed by atoms with Crippen LogP contribution in [0, 0.1) is 0 Å². The van der Waals surface area contributed by atoms with Crippen molar-refractivity contribution in [1.82, 2.24) is 4.31 Å². The molecule has 28 heavy (non-hydrogen) atoms. The molecule has 10 heteroatoms. The normalized spacial score (nSPS) is 18.2. The molecule has 1 aliphatic rings. The number of carbonyl (C=O) groups excluding carboxylic acids is 1. The first kappa shape index (κ1) is 20.6. The number of nitrogens with one attached hydrogen (secondary N) is 1. The van der Waals surface area contributed by atoms with Gasteiger partial charge in [-0.05, 0) is 55.3 Å². The fourth-order valence-corrected chi connectivity index (χ4v) is 4.85. The molecule has 3 rings (SSSR count). The summed E-state index contributed by atoms with van der Waals surface area (Å²) in [5.74, 6) is -0.546. The van der Waals surface area contributed by atoms with Crippen molar-refractivity contribution >= 4 is 33.2 Å². The molecule has 1 saturated heterocycles. The second-order valence-electron chi connectivity index (χ2n) is 6.30. The fraction of sp³-hybridized carbons (Fsp3) is 0.278. The molecule has 1 aliphatic heterocycles. The standard InChI is InChI=1S/C18H16ClF3N2O3S/c19-13-6-8-14(9-7-13)23-17(25)16-5-2-10-24(16)28(26,27)15-4-1-3-12(11-15)18(20,21)22/h1,3-4,6-9,11,16H,2,5,10H2,(H,23,25). The summed E-state index contributed by atoms with van der Waals surface area (Å²) in [4.78, 5) is 12.1. The molecule has 1 atom stereocenters. The number of anilines is 1. The quantitative estimate of drug-likeness (QED) is 0.789. The third-order valence-corrected chi connectivity index (χ3v) is 6.54. The molecular weight excluding hydrogens is 417 g/mol. The number of rotatable bonds is 4. The molecule has 1 heterocycles. The summed E-state index contributed by atoms with van der Waals surface area (Å²) < 4.78 is 65.5. The van der Waals surface area contributed by atoms with Gasteiger partial charge in [-0.15, -0.1) is 0 Å². The van der Waals surface area contributed by atoms with E-state index in [1.165, 1.54) is 0 Å². The van der Waals surface area contributed by atoms with Gasteiger partial charge in [-0.2, -0.15) is 17.5 Å². The van der Waals surface area contributed by atoms with Crippen molar-refractivity contribution in [3.05, 3.63) is 59.1 Å². The monoisotopic (exact) mass is 432 g/mol. The lowest BCUT2D eigenvalue weighted by Crippen LogP contribution is -2.43. The number of nitrogens with zero attached hydrogens (tertiary/aromatic N) is 1. The van der Waals surface area contributed by atoms with E-state index in [0.717, 1.165) is 22.5 Å². The molecule has 0 spiro atoms. The summed E-state index contributed by atoms with van der Waals surface area (Å²) >= 11 is 5.79. The van der Waals surface area contributed by atoms with Crippen LogP contribution in [0.3, 0.4) is 0 Å². The molecule has 0 bridgehead atoms. The first-order valence-electron chi connectivity index (χ1n) is 8.34.